The molecule has 1 N–H and O–H groups in total. The van der Waals surface area contributed by atoms with Crippen molar-refractivity contribution in [2.45, 2.75) is 72.0 Å². The van der Waals surface area contributed by atoms with E-state index in [0.29, 0.717) is 31.6 Å². The summed E-state index contributed by atoms with van der Waals surface area (Å²) in [7, 11) is 0. The predicted molar refractivity (Wildman–Crippen MR) is 99.3 cm³/mol. The van der Waals surface area contributed by atoms with Crippen LogP contribution in [-0.4, -0.2) is 35.4 Å². The van der Waals surface area contributed by atoms with Crippen molar-refractivity contribution in [1.82, 2.24) is 0 Å². The Kier molecular flexibility index (Phi) is 7.42. The van der Waals surface area contributed by atoms with Crippen LogP contribution in [0.3, 0.4) is 0 Å². The van der Waals surface area contributed by atoms with Gasteiger partial charge in [0.2, 0.25) is 0 Å². The number of aliphatic hydroxyl groups is 1. The number of benzene rings is 1. The summed E-state index contributed by atoms with van der Waals surface area (Å²) in [4.78, 5) is 13.8. The highest BCUT2D eigenvalue weighted by Gasteiger charge is 2.36. The molecule has 0 unspecified atom stereocenters. The van der Waals surface area contributed by atoms with Crippen molar-refractivity contribution < 1.29 is 19.0 Å². The minimum absolute atomic E-state index is 0.0194. The van der Waals surface area contributed by atoms with Crippen molar-refractivity contribution in [2.75, 3.05) is 18.0 Å². The number of rotatable bonds is 3. The van der Waals surface area contributed by atoms with Crippen molar-refractivity contribution in [2.24, 2.45) is 0 Å². The van der Waals surface area contributed by atoms with Gasteiger partial charge < -0.3 is 14.7 Å². The maximum Gasteiger partial charge on any atom is 0.309 e. The topological polar surface area (TPSA) is 49.8 Å². The van der Waals surface area contributed by atoms with Crippen molar-refractivity contribution in [3.63, 3.8) is 0 Å². The highest BCUT2D eigenvalue weighted by molar-refractivity contribution is 5.71. The van der Waals surface area contributed by atoms with Gasteiger partial charge in [-0.1, -0.05) is 19.9 Å². The molecule has 2 rings (SSSR count). The molecule has 0 aromatic heterocycles. The van der Waals surface area contributed by atoms with Gasteiger partial charge in [0.05, 0.1) is 17.7 Å². The van der Waals surface area contributed by atoms with Crippen LogP contribution in [-0.2, 0) is 9.53 Å². The Labute approximate surface area is 151 Å². The van der Waals surface area contributed by atoms with Crippen molar-refractivity contribution in [1.29, 1.82) is 0 Å². The molecular formula is C20H32FNO3. The quantitative estimate of drug-likeness (QED) is 0.827. The van der Waals surface area contributed by atoms with Crippen LogP contribution in [0, 0.1) is 12.7 Å². The van der Waals surface area contributed by atoms with E-state index in [-0.39, 0.29) is 12.2 Å². The van der Waals surface area contributed by atoms with Gasteiger partial charge in [-0.2, -0.15) is 0 Å². The van der Waals surface area contributed by atoms with E-state index >= 15 is 0 Å². The molecular weight excluding hydrogens is 321 g/mol. The lowest BCUT2D eigenvalue weighted by atomic mass is 9.88. The summed E-state index contributed by atoms with van der Waals surface area (Å²) >= 11 is 0. The van der Waals surface area contributed by atoms with Gasteiger partial charge in [0.25, 0.3) is 0 Å². The molecule has 1 aromatic carbocycles. The fraction of sp³-hybridized carbons (Fsp3) is 0.650. The molecule has 1 aliphatic rings. The van der Waals surface area contributed by atoms with Crippen LogP contribution in [0.4, 0.5) is 10.1 Å². The van der Waals surface area contributed by atoms with Gasteiger partial charge in [-0.25, -0.2) is 4.39 Å². The number of halogens is 1. The summed E-state index contributed by atoms with van der Waals surface area (Å²) in [6, 6.07) is 5.15. The molecule has 1 aromatic rings. The average Bonchev–Trinajstić information content (AvgIpc) is 2.48. The highest BCUT2D eigenvalue weighted by atomic mass is 19.1. The molecule has 4 nitrogen and oxygen atoms in total. The second kappa shape index (κ2) is 8.65. The zero-order chi connectivity index (χ0) is 19.3. The molecule has 0 radical (unpaired) electrons. The molecule has 142 valence electrons. The van der Waals surface area contributed by atoms with E-state index in [0.717, 1.165) is 5.56 Å². The van der Waals surface area contributed by atoms with E-state index in [9.17, 15) is 14.3 Å². The van der Waals surface area contributed by atoms with Gasteiger partial charge in [-0.05, 0) is 58.2 Å². The third kappa shape index (κ3) is 6.65. The van der Waals surface area contributed by atoms with Gasteiger partial charge in [-0.3, -0.25) is 4.79 Å². The lowest BCUT2D eigenvalue weighted by molar-refractivity contribution is -0.161. The third-order valence-electron chi connectivity index (χ3n) is 4.03. The molecule has 0 amide bonds. The lowest BCUT2D eigenvalue weighted by Gasteiger charge is -2.39. The minimum Gasteiger partial charge on any atom is -0.460 e. The Morgan fingerprint density at radius 3 is 2.32 bits per heavy atom. The number of esters is 1. The van der Waals surface area contributed by atoms with E-state index in [4.69, 9.17) is 4.74 Å². The first-order valence-electron chi connectivity index (χ1n) is 9.03. The van der Waals surface area contributed by atoms with Crippen molar-refractivity contribution in [3.05, 3.63) is 29.6 Å². The van der Waals surface area contributed by atoms with Crippen LogP contribution in [0.2, 0.25) is 0 Å². The van der Waals surface area contributed by atoms with E-state index in [1.165, 1.54) is 6.07 Å². The molecule has 0 spiro atoms. The highest BCUT2D eigenvalue weighted by Crippen LogP contribution is 2.31. The van der Waals surface area contributed by atoms with Gasteiger partial charge in [0, 0.05) is 13.1 Å². The van der Waals surface area contributed by atoms with Crippen LogP contribution in [0.1, 0.15) is 59.4 Å². The zero-order valence-electron chi connectivity index (χ0n) is 16.4. The molecule has 0 atom stereocenters. The smallest absolute Gasteiger partial charge is 0.309 e. The Morgan fingerprint density at radius 2 is 1.84 bits per heavy atom. The maximum atomic E-state index is 14.0. The predicted octanol–water partition coefficient (Wildman–Crippen LogP) is 4.22. The van der Waals surface area contributed by atoms with E-state index in [1.54, 1.807) is 26.8 Å². The molecule has 1 saturated heterocycles. The van der Waals surface area contributed by atoms with Crippen LogP contribution in [0.5, 0.6) is 0 Å². The molecule has 0 aliphatic carbocycles. The second-order valence-electron chi connectivity index (χ2n) is 7.43. The summed E-state index contributed by atoms with van der Waals surface area (Å²) in [5, 5.41) is 10.6. The fourth-order valence-electron chi connectivity index (χ4n) is 2.86. The first-order chi connectivity index (χ1) is 11.6. The lowest BCUT2D eigenvalue weighted by Crippen LogP contribution is -2.46. The Bertz CT molecular complexity index is 573. The summed E-state index contributed by atoms with van der Waals surface area (Å²) < 4.78 is 19.3. The standard InChI is InChI=1S/C18H26FNO3.C2H6/c1-13-5-6-15(14(19)11-13)20-9-7-18(22,8-10-20)12-16(21)23-17(2,3)4;1-2/h5-6,11,22H,7-10,12H2,1-4H3;1-2H3. The number of piperidine rings is 1. The molecule has 1 aliphatic heterocycles. The number of nitrogens with zero attached hydrogens (tertiary/aromatic N) is 1. The molecule has 1 fully saturated rings. The van der Waals surface area contributed by atoms with Crippen molar-refractivity contribution >= 4 is 11.7 Å². The Balaban J connectivity index is 0.00000151. The molecule has 0 saturated carbocycles. The van der Waals surface area contributed by atoms with Crippen molar-refractivity contribution in [3.8, 4) is 0 Å². The number of hydrogen-bond acceptors (Lipinski definition) is 4. The van der Waals surface area contributed by atoms with Gasteiger partial charge in [-0.15, -0.1) is 0 Å². The number of ether oxygens (including phenoxy) is 1. The molecule has 1 heterocycles. The summed E-state index contributed by atoms with van der Waals surface area (Å²) in [6.45, 7) is 12.3. The first-order valence-corrected chi connectivity index (χ1v) is 9.03. The summed E-state index contributed by atoms with van der Waals surface area (Å²) in [6.07, 6.45) is 0.813. The third-order valence-corrected chi connectivity index (χ3v) is 4.03. The minimum atomic E-state index is -1.07. The molecule has 0 bridgehead atoms. The van der Waals surface area contributed by atoms with Gasteiger partial charge in [0.15, 0.2) is 0 Å². The Hall–Kier alpha value is -1.62. The van der Waals surface area contributed by atoms with E-state index in [2.05, 4.69) is 0 Å². The SMILES string of the molecule is CC.Cc1ccc(N2CCC(O)(CC(=O)OC(C)(C)C)CC2)c(F)c1. The molecule has 25 heavy (non-hydrogen) atoms. The fourth-order valence-corrected chi connectivity index (χ4v) is 2.86. The summed E-state index contributed by atoms with van der Waals surface area (Å²) in [5.74, 6) is -0.641. The monoisotopic (exact) mass is 353 g/mol. The number of hydrogen-bond donors (Lipinski definition) is 1. The normalized spacial score (nSPS) is 16.7. The second-order valence-corrected chi connectivity index (χ2v) is 7.43. The maximum absolute atomic E-state index is 14.0. The summed E-state index contributed by atoms with van der Waals surface area (Å²) in [5.41, 5.74) is -0.196. The van der Waals surface area contributed by atoms with Crippen LogP contribution < -0.4 is 4.90 Å². The van der Waals surface area contributed by atoms with Crippen LogP contribution in [0.15, 0.2) is 18.2 Å². The van der Waals surface area contributed by atoms with E-state index < -0.39 is 17.2 Å². The largest absolute Gasteiger partial charge is 0.460 e. The molecule has 5 heteroatoms. The number of carbonyl (C=O) groups is 1. The Morgan fingerprint density at radius 1 is 1.28 bits per heavy atom. The first kappa shape index (κ1) is 21.4. The van der Waals surface area contributed by atoms with E-state index in [1.807, 2.05) is 31.7 Å². The van der Waals surface area contributed by atoms with Crippen LogP contribution >= 0.6 is 0 Å². The number of carbonyl (C=O) groups excluding carboxylic acids is 1. The van der Waals surface area contributed by atoms with Gasteiger partial charge in [0.1, 0.15) is 11.4 Å². The number of aryl methyl sites for hydroxylation is 1. The van der Waals surface area contributed by atoms with Crippen LogP contribution in [0.25, 0.3) is 0 Å². The zero-order valence-corrected chi connectivity index (χ0v) is 16.4. The average molecular weight is 353 g/mol. The van der Waals surface area contributed by atoms with Gasteiger partial charge >= 0.3 is 5.97 Å². The number of anilines is 1.